The highest BCUT2D eigenvalue weighted by atomic mass is 16.2. The highest BCUT2D eigenvalue weighted by Gasteiger charge is 2.45. The zero-order valence-electron chi connectivity index (χ0n) is 32.8. The summed E-state index contributed by atoms with van der Waals surface area (Å²) in [6.07, 6.45) is 19.1. The minimum atomic E-state index is -0.0530. The standard InChI is InChI=1S/2C23H20N6O/c2*1-13-4-6-26-11-18(13)20-7-15-8-21(27-12-19(15)22(24)28-20)29-23(30)17-9-16(17)14-3-2-5-25-10-14/h2*2-8,10-12,16-17H,9H2,1H3,(H2,24,28)(H,27,29,30)/t2*16-,17+/m10/s1. The molecule has 60 heavy (non-hydrogen) atoms. The van der Waals surface area contributed by atoms with Crippen molar-refractivity contribution in [3.63, 3.8) is 0 Å². The summed E-state index contributed by atoms with van der Waals surface area (Å²) < 4.78 is 0. The third-order valence-electron chi connectivity index (χ3n) is 11.1. The van der Waals surface area contributed by atoms with Crippen LogP contribution in [0.25, 0.3) is 44.1 Å². The maximum Gasteiger partial charge on any atom is 0.229 e. The number of pyridine rings is 8. The van der Waals surface area contributed by atoms with Crippen LogP contribution in [0.5, 0.6) is 0 Å². The van der Waals surface area contributed by atoms with Gasteiger partial charge in [0.1, 0.15) is 23.3 Å². The Labute approximate surface area is 345 Å². The highest BCUT2D eigenvalue weighted by Crippen LogP contribution is 2.48. The predicted molar refractivity (Wildman–Crippen MR) is 231 cm³/mol. The van der Waals surface area contributed by atoms with Crippen molar-refractivity contribution < 1.29 is 9.59 Å². The van der Waals surface area contributed by atoms with Crippen LogP contribution < -0.4 is 22.1 Å². The van der Waals surface area contributed by atoms with Gasteiger partial charge in [0.15, 0.2) is 0 Å². The number of nitrogens with one attached hydrogen (secondary N) is 2. The van der Waals surface area contributed by atoms with E-state index >= 15 is 0 Å². The number of rotatable bonds is 8. The Morgan fingerprint density at radius 1 is 0.567 bits per heavy atom. The molecule has 8 aromatic rings. The second kappa shape index (κ2) is 15.9. The molecule has 6 N–H and O–H groups in total. The summed E-state index contributed by atoms with van der Waals surface area (Å²) in [7, 11) is 0. The maximum absolute atomic E-state index is 12.7. The maximum atomic E-state index is 12.7. The molecule has 0 aromatic carbocycles. The lowest BCUT2D eigenvalue weighted by Gasteiger charge is -2.10. The number of nitrogen functional groups attached to an aromatic ring is 2. The summed E-state index contributed by atoms with van der Waals surface area (Å²) in [6, 6.07) is 19.2. The molecule has 8 heterocycles. The first-order chi connectivity index (χ1) is 29.2. The Morgan fingerprint density at radius 2 is 1.00 bits per heavy atom. The van der Waals surface area contributed by atoms with Gasteiger partial charge >= 0.3 is 0 Å². The second-order valence-corrected chi connectivity index (χ2v) is 15.2. The highest BCUT2D eigenvalue weighted by molar-refractivity contribution is 6.00. The van der Waals surface area contributed by atoms with E-state index in [1.807, 2.05) is 86.9 Å². The summed E-state index contributed by atoms with van der Waals surface area (Å²) in [5, 5.41) is 9.11. The van der Waals surface area contributed by atoms with Crippen LogP contribution in [0.15, 0.2) is 123 Å². The molecule has 2 saturated carbocycles. The first-order valence-corrected chi connectivity index (χ1v) is 19.6. The first kappa shape index (κ1) is 37.8. The second-order valence-electron chi connectivity index (χ2n) is 15.2. The van der Waals surface area contributed by atoms with Crippen LogP contribution >= 0.6 is 0 Å². The Bertz CT molecular complexity index is 2710. The lowest BCUT2D eigenvalue weighted by atomic mass is 10.1. The smallest absolute Gasteiger partial charge is 0.229 e. The molecule has 14 heteroatoms. The van der Waals surface area contributed by atoms with E-state index in [0.29, 0.717) is 23.3 Å². The largest absolute Gasteiger partial charge is 0.383 e. The summed E-state index contributed by atoms with van der Waals surface area (Å²) in [6.45, 7) is 4.01. The summed E-state index contributed by atoms with van der Waals surface area (Å²) in [4.78, 5) is 59.8. The van der Waals surface area contributed by atoms with E-state index < -0.39 is 0 Å². The van der Waals surface area contributed by atoms with E-state index in [4.69, 9.17) is 11.5 Å². The number of aromatic nitrogens is 8. The number of fused-ring (bicyclic) bond motifs is 2. The molecule has 2 amide bonds. The Balaban J connectivity index is 0.000000154. The molecular formula is C46H40N12O2. The van der Waals surface area contributed by atoms with Crippen molar-refractivity contribution in [2.24, 2.45) is 11.8 Å². The van der Waals surface area contributed by atoms with Crippen molar-refractivity contribution >= 4 is 56.6 Å². The minimum absolute atomic E-state index is 0.0268. The zero-order chi connectivity index (χ0) is 41.3. The normalized spacial score (nSPS) is 17.6. The molecule has 4 atom stereocenters. The molecular weight excluding hydrogens is 753 g/mol. The van der Waals surface area contributed by atoms with Crippen molar-refractivity contribution in [1.29, 1.82) is 0 Å². The topological polar surface area (TPSA) is 213 Å². The van der Waals surface area contributed by atoms with Gasteiger partial charge in [-0.3, -0.25) is 29.5 Å². The molecule has 0 aliphatic heterocycles. The van der Waals surface area contributed by atoms with E-state index in [9.17, 15) is 9.59 Å². The van der Waals surface area contributed by atoms with E-state index in [2.05, 4.69) is 50.5 Å². The molecule has 2 aliphatic rings. The predicted octanol–water partition coefficient (Wildman–Crippen LogP) is 7.44. The van der Waals surface area contributed by atoms with E-state index in [1.54, 1.807) is 49.6 Å². The van der Waals surface area contributed by atoms with Crippen LogP contribution in [-0.2, 0) is 9.59 Å². The van der Waals surface area contributed by atoms with Gasteiger partial charge in [-0.1, -0.05) is 12.1 Å². The lowest BCUT2D eigenvalue weighted by molar-refractivity contribution is -0.118. The van der Waals surface area contributed by atoms with Gasteiger partial charge in [-0.2, -0.15) is 0 Å². The van der Waals surface area contributed by atoms with Gasteiger partial charge < -0.3 is 22.1 Å². The van der Waals surface area contributed by atoms with Gasteiger partial charge in [-0.25, -0.2) is 19.9 Å². The quantitative estimate of drug-likeness (QED) is 0.118. The van der Waals surface area contributed by atoms with Crippen LogP contribution in [-0.4, -0.2) is 51.7 Å². The van der Waals surface area contributed by atoms with Gasteiger partial charge in [0, 0.05) is 95.7 Å². The number of carbonyl (C=O) groups excluding carboxylic acids is 2. The monoisotopic (exact) mass is 792 g/mol. The fourth-order valence-corrected chi connectivity index (χ4v) is 7.56. The molecule has 8 aromatic heterocycles. The molecule has 10 rings (SSSR count). The molecule has 0 unspecified atom stereocenters. The average molecular weight is 793 g/mol. The lowest BCUT2D eigenvalue weighted by Crippen LogP contribution is -2.15. The van der Waals surface area contributed by atoms with Crippen molar-refractivity contribution in [3.8, 4) is 22.5 Å². The molecule has 0 saturated heterocycles. The number of nitrogens with zero attached hydrogens (tertiary/aromatic N) is 8. The fraction of sp³-hybridized carbons (Fsp3) is 0.174. The molecule has 2 aliphatic carbocycles. The molecule has 0 radical (unpaired) electrons. The van der Waals surface area contributed by atoms with Gasteiger partial charge in [0.25, 0.3) is 0 Å². The number of amides is 2. The molecule has 0 spiro atoms. The van der Waals surface area contributed by atoms with Crippen LogP contribution in [0.2, 0.25) is 0 Å². The van der Waals surface area contributed by atoms with Gasteiger partial charge in [-0.05, 0) is 120 Å². The van der Waals surface area contributed by atoms with Crippen LogP contribution in [0.4, 0.5) is 23.3 Å². The number of carbonyl (C=O) groups is 2. The summed E-state index contributed by atoms with van der Waals surface area (Å²) in [5.41, 5.74) is 20.0. The molecule has 2 fully saturated rings. The molecule has 0 bridgehead atoms. The minimum Gasteiger partial charge on any atom is -0.383 e. The average Bonchev–Trinajstić information content (AvgIpc) is 4.20. The van der Waals surface area contributed by atoms with Crippen molar-refractivity contribution in [3.05, 3.63) is 145 Å². The van der Waals surface area contributed by atoms with Crippen molar-refractivity contribution in [1.82, 2.24) is 39.9 Å². The van der Waals surface area contributed by atoms with E-state index in [-0.39, 0.29) is 35.5 Å². The van der Waals surface area contributed by atoms with Crippen molar-refractivity contribution in [2.45, 2.75) is 38.5 Å². The number of hydrogen-bond donors (Lipinski definition) is 4. The van der Waals surface area contributed by atoms with Crippen LogP contribution in [0, 0.1) is 25.7 Å². The Hall–Kier alpha value is -7.74. The molecule has 296 valence electrons. The SMILES string of the molecule is Cc1ccncc1-c1cc2cc(NC(=O)[C@@H]3C[C@H]3c3cccnc3)ncc2c(N)n1.Cc1ccncc1-c1cc2cc(NC(=O)[C@H]3C[C@@H]3c3cccnc3)ncc2c(N)n1. The Kier molecular flexibility index (Phi) is 10.0. The third kappa shape index (κ3) is 7.90. The van der Waals surface area contributed by atoms with Gasteiger partial charge in [0.2, 0.25) is 11.8 Å². The Morgan fingerprint density at radius 3 is 1.40 bits per heavy atom. The number of anilines is 4. The number of nitrogens with two attached hydrogens (primary N) is 2. The van der Waals surface area contributed by atoms with Gasteiger partial charge in [0.05, 0.1) is 11.4 Å². The summed E-state index contributed by atoms with van der Waals surface area (Å²) in [5.74, 6) is 2.09. The van der Waals surface area contributed by atoms with E-state index in [1.165, 1.54) is 0 Å². The van der Waals surface area contributed by atoms with Crippen LogP contribution in [0.1, 0.15) is 46.9 Å². The van der Waals surface area contributed by atoms with Crippen molar-refractivity contribution in [2.75, 3.05) is 22.1 Å². The molecule has 14 nitrogen and oxygen atoms in total. The number of aryl methyl sites for hydroxylation is 2. The number of hydrogen-bond acceptors (Lipinski definition) is 12. The summed E-state index contributed by atoms with van der Waals surface area (Å²) >= 11 is 0. The van der Waals surface area contributed by atoms with Gasteiger partial charge in [-0.15, -0.1) is 0 Å². The first-order valence-electron chi connectivity index (χ1n) is 19.6. The van der Waals surface area contributed by atoms with E-state index in [0.717, 1.165) is 79.2 Å². The fourth-order valence-electron chi connectivity index (χ4n) is 7.56. The van der Waals surface area contributed by atoms with Crippen LogP contribution in [0.3, 0.4) is 0 Å². The third-order valence-corrected chi connectivity index (χ3v) is 11.1. The zero-order valence-corrected chi connectivity index (χ0v) is 32.8.